The van der Waals surface area contributed by atoms with E-state index >= 15 is 0 Å². The molecule has 0 aliphatic carbocycles. The quantitative estimate of drug-likeness (QED) is 0.446. The minimum absolute atomic E-state index is 0.411. The SMILES string of the molecule is CNc1nc[n+]([O-])c2[nH]cnc12. The lowest BCUT2D eigenvalue weighted by molar-refractivity contribution is -0.582. The number of fused-ring (bicyclic) bond motifs is 1. The average Bonchev–Trinajstić information content (AvgIpc) is 2.54. The maximum atomic E-state index is 11.1. The standard InChI is InChI=1S/C6H7N5O/c1-7-5-4-6(9-2-8-4)11(12)3-10-5/h2-3H,1H3,(H,7,10)(H,8,9). The van der Waals surface area contributed by atoms with Crippen LogP contribution in [-0.2, 0) is 0 Å². The van der Waals surface area contributed by atoms with Crippen LogP contribution < -0.4 is 10.0 Å². The van der Waals surface area contributed by atoms with Gasteiger partial charge in [-0.05, 0) is 0 Å². The van der Waals surface area contributed by atoms with Gasteiger partial charge in [0.2, 0.25) is 12.1 Å². The molecule has 2 heterocycles. The third-order valence-corrected chi connectivity index (χ3v) is 1.59. The van der Waals surface area contributed by atoms with Crippen LogP contribution in [0.25, 0.3) is 11.2 Å². The molecule has 0 atom stereocenters. The van der Waals surface area contributed by atoms with Crippen LogP contribution in [0.5, 0.6) is 0 Å². The monoisotopic (exact) mass is 165 g/mol. The fourth-order valence-electron chi connectivity index (χ4n) is 1.04. The maximum Gasteiger partial charge on any atom is 0.259 e. The molecule has 0 amide bonds. The number of aromatic amines is 1. The predicted molar refractivity (Wildman–Crippen MR) is 42.4 cm³/mol. The molecule has 0 aromatic carbocycles. The van der Waals surface area contributed by atoms with E-state index in [1.54, 1.807) is 7.05 Å². The molecule has 0 fully saturated rings. The van der Waals surface area contributed by atoms with Gasteiger partial charge in [-0.3, -0.25) is 4.98 Å². The molecular formula is C6H7N5O. The van der Waals surface area contributed by atoms with E-state index in [0.29, 0.717) is 21.7 Å². The lowest BCUT2D eigenvalue weighted by Crippen LogP contribution is -2.27. The summed E-state index contributed by atoms with van der Waals surface area (Å²) in [5, 5.41) is 13.9. The molecule has 0 radical (unpaired) electrons. The first-order chi connectivity index (χ1) is 5.83. The lowest BCUT2D eigenvalue weighted by Gasteiger charge is -2.02. The van der Waals surface area contributed by atoms with Crippen molar-refractivity contribution in [3.8, 4) is 0 Å². The van der Waals surface area contributed by atoms with Crippen molar-refractivity contribution >= 4 is 17.0 Å². The Balaban J connectivity index is 2.82. The second-order valence-electron chi connectivity index (χ2n) is 2.27. The lowest BCUT2D eigenvalue weighted by atomic mass is 10.5. The fourth-order valence-corrected chi connectivity index (χ4v) is 1.04. The number of nitrogens with one attached hydrogen (secondary N) is 2. The molecular weight excluding hydrogens is 158 g/mol. The number of imidazole rings is 1. The van der Waals surface area contributed by atoms with Crippen molar-refractivity contribution in [3.63, 3.8) is 0 Å². The van der Waals surface area contributed by atoms with Gasteiger partial charge < -0.3 is 10.5 Å². The van der Waals surface area contributed by atoms with Gasteiger partial charge in [-0.25, -0.2) is 9.71 Å². The molecule has 0 bridgehead atoms. The van der Waals surface area contributed by atoms with Gasteiger partial charge in [0.05, 0.1) is 0 Å². The highest BCUT2D eigenvalue weighted by Crippen LogP contribution is 2.11. The van der Waals surface area contributed by atoms with Crippen molar-refractivity contribution in [2.75, 3.05) is 12.4 Å². The van der Waals surface area contributed by atoms with E-state index in [-0.39, 0.29) is 0 Å². The molecule has 2 N–H and O–H groups in total. The molecule has 6 heteroatoms. The maximum absolute atomic E-state index is 11.1. The molecule has 0 saturated carbocycles. The summed E-state index contributed by atoms with van der Waals surface area (Å²) in [6.07, 6.45) is 2.65. The van der Waals surface area contributed by atoms with Crippen LogP contribution in [0.3, 0.4) is 0 Å². The number of hydrogen-bond acceptors (Lipinski definition) is 4. The molecule has 0 spiro atoms. The van der Waals surface area contributed by atoms with E-state index in [1.165, 1.54) is 12.7 Å². The van der Waals surface area contributed by atoms with Gasteiger partial charge in [-0.2, -0.15) is 0 Å². The summed E-state index contributed by atoms with van der Waals surface area (Å²) >= 11 is 0. The van der Waals surface area contributed by atoms with Crippen molar-refractivity contribution in [2.24, 2.45) is 0 Å². The number of nitrogens with zero attached hydrogens (tertiary/aromatic N) is 3. The molecule has 6 nitrogen and oxygen atoms in total. The Labute approximate surface area is 67.9 Å². The van der Waals surface area contributed by atoms with Crippen molar-refractivity contribution in [2.45, 2.75) is 0 Å². The molecule has 0 aliphatic heterocycles. The highest BCUT2D eigenvalue weighted by Gasteiger charge is 2.10. The largest absolute Gasteiger partial charge is 0.740 e. The van der Waals surface area contributed by atoms with Gasteiger partial charge in [-0.15, -0.1) is 0 Å². The summed E-state index contributed by atoms with van der Waals surface area (Å²) in [5.41, 5.74) is 0.962. The average molecular weight is 165 g/mol. The minimum atomic E-state index is 0.411. The van der Waals surface area contributed by atoms with E-state index in [1.807, 2.05) is 0 Å². The zero-order valence-corrected chi connectivity index (χ0v) is 6.40. The van der Waals surface area contributed by atoms with E-state index in [0.717, 1.165) is 0 Å². The van der Waals surface area contributed by atoms with Crippen molar-refractivity contribution in [1.82, 2.24) is 15.0 Å². The van der Waals surface area contributed by atoms with Crippen LogP contribution >= 0.6 is 0 Å². The van der Waals surface area contributed by atoms with Crippen LogP contribution in [0.2, 0.25) is 0 Å². The van der Waals surface area contributed by atoms with E-state index in [9.17, 15) is 5.21 Å². The molecule has 0 aliphatic rings. The van der Waals surface area contributed by atoms with Crippen LogP contribution in [-0.4, -0.2) is 22.0 Å². The predicted octanol–water partition coefficient (Wildman–Crippen LogP) is -0.367. The Morgan fingerprint density at radius 3 is 3.17 bits per heavy atom. The second-order valence-corrected chi connectivity index (χ2v) is 2.27. The van der Waals surface area contributed by atoms with Crippen LogP contribution in [0.1, 0.15) is 0 Å². The number of rotatable bonds is 1. The molecule has 0 unspecified atom stereocenters. The summed E-state index contributed by atoms with van der Waals surface area (Å²) in [6.45, 7) is 0. The van der Waals surface area contributed by atoms with E-state index in [2.05, 4.69) is 20.3 Å². The molecule has 2 aromatic heterocycles. The second kappa shape index (κ2) is 2.33. The number of hydrogen-bond donors (Lipinski definition) is 2. The van der Waals surface area contributed by atoms with Gasteiger partial charge in [0.25, 0.3) is 5.65 Å². The number of anilines is 1. The smallest absolute Gasteiger partial charge is 0.259 e. The first-order valence-corrected chi connectivity index (χ1v) is 3.42. The zero-order chi connectivity index (χ0) is 8.55. The van der Waals surface area contributed by atoms with Crippen LogP contribution in [0.4, 0.5) is 5.82 Å². The van der Waals surface area contributed by atoms with Gasteiger partial charge in [-0.1, -0.05) is 4.98 Å². The summed E-state index contributed by atoms with van der Waals surface area (Å²) in [5.74, 6) is 0.596. The number of aromatic nitrogens is 4. The topological polar surface area (TPSA) is 80.5 Å². The van der Waals surface area contributed by atoms with Crippen molar-refractivity contribution in [3.05, 3.63) is 17.9 Å². The van der Waals surface area contributed by atoms with Crippen LogP contribution in [0.15, 0.2) is 12.7 Å². The Morgan fingerprint density at radius 1 is 1.58 bits per heavy atom. The first-order valence-electron chi connectivity index (χ1n) is 3.42. The highest BCUT2D eigenvalue weighted by molar-refractivity contribution is 5.79. The molecule has 0 saturated heterocycles. The third kappa shape index (κ3) is 0.777. The minimum Gasteiger partial charge on any atom is -0.740 e. The summed E-state index contributed by atoms with van der Waals surface area (Å²) in [4.78, 5) is 10.5. The Kier molecular flexibility index (Phi) is 1.33. The summed E-state index contributed by atoms with van der Waals surface area (Å²) in [7, 11) is 1.73. The Bertz CT molecular complexity index is 409. The normalized spacial score (nSPS) is 10.4. The van der Waals surface area contributed by atoms with Crippen LogP contribution in [0, 0.1) is 5.21 Å². The van der Waals surface area contributed by atoms with E-state index < -0.39 is 0 Å². The van der Waals surface area contributed by atoms with Crippen molar-refractivity contribution < 1.29 is 4.73 Å². The third-order valence-electron chi connectivity index (χ3n) is 1.59. The van der Waals surface area contributed by atoms with E-state index in [4.69, 9.17) is 0 Å². The molecule has 2 rings (SSSR count). The molecule has 12 heavy (non-hydrogen) atoms. The molecule has 2 aromatic rings. The fraction of sp³-hybridized carbons (Fsp3) is 0.167. The highest BCUT2D eigenvalue weighted by atomic mass is 16.5. The zero-order valence-electron chi connectivity index (χ0n) is 6.40. The summed E-state index contributed by atoms with van der Waals surface area (Å²) in [6, 6.07) is 0. The molecule has 62 valence electrons. The van der Waals surface area contributed by atoms with Gasteiger partial charge >= 0.3 is 0 Å². The first kappa shape index (κ1) is 6.84. The number of H-pyrrole nitrogens is 1. The van der Waals surface area contributed by atoms with Gasteiger partial charge in [0.15, 0.2) is 11.8 Å². The van der Waals surface area contributed by atoms with Crippen molar-refractivity contribution in [1.29, 1.82) is 0 Å². The van der Waals surface area contributed by atoms with Gasteiger partial charge in [0, 0.05) is 7.05 Å². The Morgan fingerprint density at radius 2 is 2.42 bits per heavy atom. The Hall–Kier alpha value is -1.85. The summed E-state index contributed by atoms with van der Waals surface area (Å²) < 4.78 is 0.642. The van der Waals surface area contributed by atoms with Gasteiger partial charge in [0.1, 0.15) is 0 Å².